The monoisotopic (exact) mass is 277 g/mol. The molecule has 7 heteroatoms. The molecule has 0 aliphatic heterocycles. The van der Waals surface area contributed by atoms with Gasteiger partial charge >= 0.3 is 6.18 Å². The van der Waals surface area contributed by atoms with Crippen molar-refractivity contribution < 1.29 is 22.7 Å². The van der Waals surface area contributed by atoms with Gasteiger partial charge in [0.2, 0.25) is 0 Å². The van der Waals surface area contributed by atoms with Gasteiger partial charge in [-0.2, -0.15) is 13.2 Å². The quantitative estimate of drug-likeness (QED) is 0.853. The molecule has 96 valence electrons. The van der Waals surface area contributed by atoms with Crippen LogP contribution in [0.1, 0.15) is 10.4 Å². The summed E-state index contributed by atoms with van der Waals surface area (Å²) >= 11 is 1.02. The number of halogens is 4. The van der Waals surface area contributed by atoms with Crippen LogP contribution in [0.5, 0.6) is 0 Å². The molecule has 2 nitrogen and oxygen atoms in total. The van der Waals surface area contributed by atoms with Gasteiger partial charge in [0.1, 0.15) is 10.8 Å². The predicted molar refractivity (Wildman–Crippen MR) is 58.4 cm³/mol. The van der Waals surface area contributed by atoms with Gasteiger partial charge in [-0.05, 0) is 18.2 Å². The maximum atomic E-state index is 13.2. The van der Waals surface area contributed by atoms with Gasteiger partial charge < -0.3 is 5.11 Å². The average molecular weight is 277 g/mol. The maximum absolute atomic E-state index is 13.2. The zero-order chi connectivity index (χ0) is 13.3. The Morgan fingerprint density at radius 2 is 1.94 bits per heavy atom. The Hall–Kier alpha value is -1.47. The number of rotatable bonds is 2. The van der Waals surface area contributed by atoms with Crippen LogP contribution in [0.15, 0.2) is 24.4 Å². The molecule has 0 atom stereocenters. The van der Waals surface area contributed by atoms with Gasteiger partial charge in [0.15, 0.2) is 0 Å². The number of aliphatic hydroxyl groups excluding tert-OH is 1. The third kappa shape index (κ3) is 2.68. The number of benzene rings is 1. The summed E-state index contributed by atoms with van der Waals surface area (Å²) in [7, 11) is 0. The Labute approximate surface area is 104 Å². The summed E-state index contributed by atoms with van der Waals surface area (Å²) < 4.78 is 50.7. The van der Waals surface area contributed by atoms with Crippen LogP contribution in [-0.2, 0) is 12.8 Å². The number of aliphatic hydroxyl groups is 1. The molecule has 0 spiro atoms. The first-order valence-corrected chi connectivity index (χ1v) is 5.65. The smallest absolute Gasteiger partial charge is 0.391 e. The molecule has 0 saturated carbocycles. The van der Waals surface area contributed by atoms with Crippen LogP contribution in [0.3, 0.4) is 0 Å². The van der Waals surface area contributed by atoms with Crippen LogP contribution in [0.25, 0.3) is 10.6 Å². The van der Waals surface area contributed by atoms with Crippen LogP contribution in [0, 0.1) is 5.82 Å². The van der Waals surface area contributed by atoms with Gasteiger partial charge in [-0.25, -0.2) is 9.37 Å². The number of hydrogen-bond donors (Lipinski definition) is 1. The van der Waals surface area contributed by atoms with E-state index >= 15 is 0 Å². The van der Waals surface area contributed by atoms with E-state index < -0.39 is 17.6 Å². The van der Waals surface area contributed by atoms with E-state index in [1.807, 2.05) is 0 Å². The fourth-order valence-electron chi connectivity index (χ4n) is 1.39. The lowest BCUT2D eigenvalue weighted by atomic mass is 10.1. The Morgan fingerprint density at radius 3 is 2.50 bits per heavy atom. The highest BCUT2D eigenvalue weighted by Gasteiger charge is 2.31. The first-order chi connectivity index (χ1) is 8.40. The van der Waals surface area contributed by atoms with Crippen molar-refractivity contribution in [3.8, 4) is 10.6 Å². The molecule has 0 amide bonds. The highest BCUT2D eigenvalue weighted by Crippen LogP contribution is 2.34. The maximum Gasteiger partial charge on any atom is 0.416 e. The molecule has 0 bridgehead atoms. The van der Waals surface area contributed by atoms with Gasteiger partial charge in [-0.3, -0.25) is 0 Å². The summed E-state index contributed by atoms with van der Waals surface area (Å²) in [6.45, 7) is -0.251. The van der Waals surface area contributed by atoms with E-state index in [-0.39, 0.29) is 17.2 Å². The van der Waals surface area contributed by atoms with Crippen LogP contribution in [0.4, 0.5) is 17.6 Å². The fourth-order valence-corrected chi connectivity index (χ4v) is 2.15. The van der Waals surface area contributed by atoms with Crippen molar-refractivity contribution >= 4 is 11.3 Å². The zero-order valence-corrected chi connectivity index (χ0v) is 9.65. The lowest BCUT2D eigenvalue weighted by molar-refractivity contribution is -0.137. The van der Waals surface area contributed by atoms with Crippen molar-refractivity contribution in [3.63, 3.8) is 0 Å². The molecule has 0 unspecified atom stereocenters. The normalized spacial score (nSPS) is 11.8. The van der Waals surface area contributed by atoms with Gasteiger partial charge in [0.05, 0.1) is 17.0 Å². The minimum atomic E-state index is -4.60. The molecular formula is C11H7F4NOS. The highest BCUT2D eigenvalue weighted by molar-refractivity contribution is 7.15. The SMILES string of the molecule is OCc1cnc(-c2cc(F)cc(C(F)(F)F)c2)s1. The molecule has 18 heavy (non-hydrogen) atoms. The van der Waals surface area contributed by atoms with Crippen molar-refractivity contribution in [2.24, 2.45) is 0 Å². The first-order valence-electron chi connectivity index (χ1n) is 4.84. The Kier molecular flexibility index (Phi) is 3.36. The Bertz CT molecular complexity index is 564. The number of hydrogen-bond acceptors (Lipinski definition) is 3. The molecule has 2 rings (SSSR count). The van der Waals surface area contributed by atoms with E-state index in [9.17, 15) is 17.6 Å². The van der Waals surface area contributed by atoms with Crippen LogP contribution in [-0.4, -0.2) is 10.1 Å². The van der Waals surface area contributed by atoms with Crippen molar-refractivity contribution in [2.75, 3.05) is 0 Å². The third-order valence-electron chi connectivity index (χ3n) is 2.18. The van der Waals surface area contributed by atoms with Gasteiger partial charge in [0.25, 0.3) is 0 Å². The van der Waals surface area contributed by atoms with Crippen LogP contribution < -0.4 is 0 Å². The summed E-state index contributed by atoms with van der Waals surface area (Å²) in [5, 5.41) is 9.09. The number of alkyl halides is 3. The Morgan fingerprint density at radius 1 is 1.22 bits per heavy atom. The van der Waals surface area contributed by atoms with E-state index in [0.29, 0.717) is 10.9 Å². The second kappa shape index (κ2) is 4.66. The molecular weight excluding hydrogens is 270 g/mol. The molecule has 1 aromatic carbocycles. The number of thiazole rings is 1. The second-order valence-corrected chi connectivity index (χ2v) is 4.63. The summed E-state index contributed by atoms with van der Waals surface area (Å²) in [6.07, 6.45) is -3.26. The highest BCUT2D eigenvalue weighted by atomic mass is 32.1. The summed E-state index contributed by atoms with van der Waals surface area (Å²) in [5.74, 6) is -0.972. The second-order valence-electron chi connectivity index (χ2n) is 3.52. The largest absolute Gasteiger partial charge is 0.416 e. The third-order valence-corrected chi connectivity index (χ3v) is 3.21. The van der Waals surface area contributed by atoms with Gasteiger partial charge in [-0.15, -0.1) is 11.3 Å². The van der Waals surface area contributed by atoms with E-state index in [4.69, 9.17) is 5.11 Å². The minimum Gasteiger partial charge on any atom is -0.391 e. The molecule has 0 saturated heterocycles. The molecule has 1 N–H and O–H groups in total. The molecule has 1 heterocycles. The van der Waals surface area contributed by atoms with Gasteiger partial charge in [-0.1, -0.05) is 0 Å². The number of aromatic nitrogens is 1. The van der Waals surface area contributed by atoms with Crippen molar-refractivity contribution in [1.82, 2.24) is 4.98 Å². The van der Waals surface area contributed by atoms with Crippen LogP contribution >= 0.6 is 11.3 Å². The summed E-state index contributed by atoms with van der Waals surface area (Å²) in [4.78, 5) is 4.35. The minimum absolute atomic E-state index is 0.0482. The van der Waals surface area contributed by atoms with E-state index in [1.165, 1.54) is 6.20 Å². The van der Waals surface area contributed by atoms with Crippen molar-refractivity contribution in [1.29, 1.82) is 0 Å². The first kappa shape index (κ1) is 13.0. The lowest BCUT2D eigenvalue weighted by Gasteiger charge is -2.08. The van der Waals surface area contributed by atoms with E-state index in [2.05, 4.69) is 4.98 Å². The summed E-state index contributed by atoms with van der Waals surface area (Å²) in [6, 6.07) is 2.25. The molecule has 1 aromatic heterocycles. The predicted octanol–water partition coefficient (Wildman–Crippen LogP) is 3.46. The summed E-state index contributed by atoms with van der Waals surface area (Å²) in [5.41, 5.74) is -1.01. The molecule has 0 radical (unpaired) electrons. The number of nitrogens with zero attached hydrogens (tertiary/aromatic N) is 1. The molecule has 0 fully saturated rings. The fraction of sp³-hybridized carbons (Fsp3) is 0.182. The zero-order valence-electron chi connectivity index (χ0n) is 8.83. The molecule has 2 aromatic rings. The molecule has 0 aliphatic carbocycles. The van der Waals surface area contributed by atoms with Crippen molar-refractivity contribution in [3.05, 3.63) is 40.7 Å². The van der Waals surface area contributed by atoms with Gasteiger partial charge in [0, 0.05) is 11.8 Å². The van der Waals surface area contributed by atoms with Crippen molar-refractivity contribution in [2.45, 2.75) is 12.8 Å². The lowest BCUT2D eigenvalue weighted by Crippen LogP contribution is -2.05. The van der Waals surface area contributed by atoms with Crippen LogP contribution in [0.2, 0.25) is 0 Å². The standard InChI is InChI=1S/C11H7F4NOS/c12-8-2-6(1-7(3-8)11(13,14)15)10-16-4-9(5-17)18-10/h1-4,17H,5H2. The average Bonchev–Trinajstić information content (AvgIpc) is 2.75. The van der Waals surface area contributed by atoms with E-state index in [0.717, 1.165) is 23.5 Å². The van der Waals surface area contributed by atoms with E-state index in [1.54, 1.807) is 0 Å². The molecule has 0 aliphatic rings. The topological polar surface area (TPSA) is 33.1 Å². The Balaban J connectivity index is 2.48.